The van der Waals surface area contributed by atoms with Crippen LogP contribution >= 0.6 is 23.1 Å². The summed E-state index contributed by atoms with van der Waals surface area (Å²) in [5.41, 5.74) is 1.95. The van der Waals surface area contributed by atoms with Crippen LogP contribution in [0.15, 0.2) is 29.4 Å². The lowest BCUT2D eigenvalue weighted by molar-refractivity contribution is -0.115. The maximum absolute atomic E-state index is 11.8. The van der Waals surface area contributed by atoms with Crippen molar-refractivity contribution in [1.82, 2.24) is 20.2 Å². The fourth-order valence-electron chi connectivity index (χ4n) is 1.77. The Morgan fingerprint density at radius 1 is 1.38 bits per heavy atom. The van der Waals surface area contributed by atoms with Crippen molar-refractivity contribution in [2.45, 2.75) is 18.5 Å². The number of anilines is 1. The van der Waals surface area contributed by atoms with Gasteiger partial charge in [-0.2, -0.15) is 0 Å². The van der Waals surface area contributed by atoms with Gasteiger partial charge in [0.2, 0.25) is 11.0 Å². The third kappa shape index (κ3) is 3.59. The van der Waals surface area contributed by atoms with Crippen molar-refractivity contribution in [3.8, 4) is 0 Å². The second-order valence-electron chi connectivity index (χ2n) is 4.33. The molecule has 6 nitrogen and oxygen atoms in total. The Morgan fingerprint density at radius 3 is 3.00 bits per heavy atom. The maximum atomic E-state index is 11.8. The van der Waals surface area contributed by atoms with Gasteiger partial charge in [-0.15, -0.1) is 10.2 Å². The third-order valence-corrected chi connectivity index (χ3v) is 4.34. The van der Waals surface area contributed by atoms with Crippen LogP contribution in [0.2, 0.25) is 0 Å². The molecule has 0 saturated carbocycles. The summed E-state index contributed by atoms with van der Waals surface area (Å²) in [6.07, 6.45) is 0.403. The normalized spacial score (nSPS) is 10.9. The first-order chi connectivity index (χ1) is 10.2. The van der Waals surface area contributed by atoms with E-state index in [2.05, 4.69) is 25.5 Å². The molecule has 0 atom stereocenters. The zero-order chi connectivity index (χ0) is 14.7. The number of H-pyrrole nitrogens is 1. The number of carbonyl (C=O) groups is 1. The minimum atomic E-state index is -0.0604. The van der Waals surface area contributed by atoms with Crippen LogP contribution < -0.4 is 5.32 Å². The second-order valence-corrected chi connectivity index (χ2v) is 6.60. The maximum Gasteiger partial charge on any atom is 0.227 e. The van der Waals surface area contributed by atoms with Crippen LogP contribution in [0, 0.1) is 6.92 Å². The van der Waals surface area contributed by atoms with Crippen molar-refractivity contribution >= 4 is 45.2 Å². The number of carbonyl (C=O) groups excluding carboxylic acids is 1. The first-order valence-electron chi connectivity index (χ1n) is 6.38. The number of rotatable bonds is 5. The minimum Gasteiger partial charge on any atom is -0.333 e. The lowest BCUT2D eigenvalue weighted by atomic mass is 10.3. The number of aromatic amines is 1. The molecule has 1 amide bonds. The minimum absolute atomic E-state index is 0.0604. The molecular formula is C13H13N5OS2. The summed E-state index contributed by atoms with van der Waals surface area (Å²) in [6.45, 7) is 1.85. The molecule has 0 aliphatic rings. The average Bonchev–Trinajstić information content (AvgIpc) is 3.04. The molecule has 0 aliphatic carbocycles. The van der Waals surface area contributed by atoms with E-state index in [-0.39, 0.29) is 5.91 Å². The first kappa shape index (κ1) is 14.0. The zero-order valence-corrected chi connectivity index (χ0v) is 12.9. The highest BCUT2D eigenvalue weighted by atomic mass is 32.2. The molecular weight excluding hydrogens is 306 g/mol. The summed E-state index contributed by atoms with van der Waals surface area (Å²) in [4.78, 5) is 19.4. The number of fused-ring (bicyclic) bond motifs is 1. The van der Waals surface area contributed by atoms with Gasteiger partial charge in [0.15, 0.2) is 5.16 Å². The number of hydrogen-bond donors (Lipinski definition) is 2. The van der Waals surface area contributed by atoms with Gasteiger partial charge in [0.25, 0.3) is 0 Å². The molecule has 2 heterocycles. The molecule has 21 heavy (non-hydrogen) atoms. The van der Waals surface area contributed by atoms with Crippen LogP contribution in [0.25, 0.3) is 11.0 Å². The van der Waals surface area contributed by atoms with Crippen LogP contribution in [-0.4, -0.2) is 31.8 Å². The van der Waals surface area contributed by atoms with Crippen LogP contribution in [0.1, 0.15) is 11.4 Å². The molecule has 0 spiro atoms. The Balaban J connectivity index is 1.50. The number of amides is 1. The van der Waals surface area contributed by atoms with Crippen LogP contribution in [0.5, 0.6) is 0 Å². The number of aromatic nitrogens is 4. The van der Waals surface area contributed by atoms with Crippen LogP contribution in [0.3, 0.4) is 0 Å². The number of benzene rings is 1. The summed E-state index contributed by atoms with van der Waals surface area (Å²) in [6, 6.07) is 7.86. The van der Waals surface area contributed by atoms with Crippen molar-refractivity contribution in [3.05, 3.63) is 29.3 Å². The Labute approximate surface area is 129 Å². The topological polar surface area (TPSA) is 83.6 Å². The molecule has 3 aromatic rings. The van der Waals surface area contributed by atoms with Gasteiger partial charge >= 0.3 is 0 Å². The first-order valence-corrected chi connectivity index (χ1v) is 8.18. The number of hydrogen-bond acceptors (Lipinski definition) is 6. The number of imidazole rings is 1. The molecule has 0 aliphatic heterocycles. The van der Waals surface area contributed by atoms with E-state index in [0.29, 0.717) is 17.3 Å². The Hall–Kier alpha value is -1.93. The van der Waals surface area contributed by atoms with E-state index in [4.69, 9.17) is 0 Å². The molecule has 108 valence electrons. The van der Waals surface area contributed by atoms with E-state index < -0.39 is 0 Å². The van der Waals surface area contributed by atoms with E-state index in [1.54, 1.807) is 0 Å². The number of para-hydroxylation sites is 2. The van der Waals surface area contributed by atoms with Gasteiger partial charge in [0, 0.05) is 12.2 Å². The molecule has 0 unspecified atom stereocenters. The molecule has 0 radical (unpaired) electrons. The highest BCUT2D eigenvalue weighted by molar-refractivity contribution is 7.99. The smallest absolute Gasteiger partial charge is 0.227 e. The van der Waals surface area contributed by atoms with Gasteiger partial charge < -0.3 is 10.3 Å². The van der Waals surface area contributed by atoms with E-state index >= 15 is 0 Å². The predicted molar refractivity (Wildman–Crippen MR) is 84.7 cm³/mol. The van der Waals surface area contributed by atoms with Crippen LogP contribution in [0.4, 0.5) is 5.13 Å². The number of aryl methyl sites for hydroxylation is 1. The SMILES string of the molecule is Cc1nnc(NC(=O)CCSc2nc3ccccc3[nH]2)s1. The zero-order valence-electron chi connectivity index (χ0n) is 11.3. The van der Waals surface area contributed by atoms with Gasteiger partial charge in [-0.05, 0) is 19.1 Å². The lowest BCUT2D eigenvalue weighted by Gasteiger charge is -1.99. The monoisotopic (exact) mass is 319 g/mol. The summed E-state index contributed by atoms with van der Waals surface area (Å²) in [5, 5.41) is 12.7. The summed E-state index contributed by atoms with van der Waals surface area (Å²) in [5.74, 6) is 0.596. The number of nitrogens with zero attached hydrogens (tertiary/aromatic N) is 3. The summed E-state index contributed by atoms with van der Waals surface area (Å²) < 4.78 is 0. The second kappa shape index (κ2) is 6.23. The van der Waals surface area contributed by atoms with Gasteiger partial charge in [0.1, 0.15) is 5.01 Å². The van der Waals surface area contributed by atoms with E-state index in [1.807, 2.05) is 31.2 Å². The molecule has 0 bridgehead atoms. The molecule has 0 saturated heterocycles. The van der Waals surface area contributed by atoms with Crippen molar-refractivity contribution < 1.29 is 4.79 Å². The van der Waals surface area contributed by atoms with E-state index in [9.17, 15) is 4.79 Å². The van der Waals surface area contributed by atoms with Gasteiger partial charge in [0.05, 0.1) is 11.0 Å². The van der Waals surface area contributed by atoms with Crippen molar-refractivity contribution in [2.75, 3.05) is 11.1 Å². The van der Waals surface area contributed by atoms with E-state index in [0.717, 1.165) is 21.2 Å². The lowest BCUT2D eigenvalue weighted by Crippen LogP contribution is -2.11. The van der Waals surface area contributed by atoms with Crippen LogP contribution in [-0.2, 0) is 4.79 Å². The fourth-order valence-corrected chi connectivity index (χ4v) is 3.20. The number of thioether (sulfide) groups is 1. The predicted octanol–water partition coefficient (Wildman–Crippen LogP) is 2.84. The third-order valence-electron chi connectivity index (χ3n) is 2.71. The van der Waals surface area contributed by atoms with Gasteiger partial charge in [-0.25, -0.2) is 4.98 Å². The highest BCUT2D eigenvalue weighted by Gasteiger charge is 2.08. The molecule has 2 N–H and O–H groups in total. The molecule has 2 aromatic heterocycles. The fraction of sp³-hybridized carbons (Fsp3) is 0.231. The molecule has 8 heteroatoms. The number of nitrogens with one attached hydrogen (secondary N) is 2. The Bertz CT molecular complexity index is 734. The molecule has 1 aromatic carbocycles. The van der Waals surface area contributed by atoms with E-state index in [1.165, 1.54) is 23.1 Å². The van der Waals surface area contributed by atoms with Crippen molar-refractivity contribution in [2.24, 2.45) is 0 Å². The molecule has 0 fully saturated rings. The summed E-state index contributed by atoms with van der Waals surface area (Å²) in [7, 11) is 0. The Kier molecular flexibility index (Phi) is 4.16. The quantitative estimate of drug-likeness (QED) is 0.707. The van der Waals surface area contributed by atoms with Gasteiger partial charge in [-0.3, -0.25) is 4.79 Å². The largest absolute Gasteiger partial charge is 0.333 e. The van der Waals surface area contributed by atoms with Crippen molar-refractivity contribution in [1.29, 1.82) is 0 Å². The average molecular weight is 319 g/mol. The van der Waals surface area contributed by atoms with Crippen molar-refractivity contribution in [3.63, 3.8) is 0 Å². The Morgan fingerprint density at radius 2 is 2.24 bits per heavy atom. The van der Waals surface area contributed by atoms with Gasteiger partial charge in [-0.1, -0.05) is 35.2 Å². The highest BCUT2D eigenvalue weighted by Crippen LogP contribution is 2.20. The standard InChI is InChI=1S/C13H13N5OS2/c1-8-17-18-13(21-8)16-11(19)6-7-20-12-14-9-4-2-3-5-10(9)15-12/h2-5H,6-7H2,1H3,(H,14,15)(H,16,18,19). The molecule has 3 rings (SSSR count). The summed E-state index contributed by atoms with van der Waals surface area (Å²) >= 11 is 2.90.